The lowest BCUT2D eigenvalue weighted by atomic mass is 10.3. The van der Waals surface area contributed by atoms with Gasteiger partial charge in [0.25, 0.3) is 0 Å². The van der Waals surface area contributed by atoms with Crippen molar-refractivity contribution in [1.82, 2.24) is 5.53 Å². The van der Waals surface area contributed by atoms with Crippen LogP contribution < -0.4 is 16.3 Å². The summed E-state index contributed by atoms with van der Waals surface area (Å²) in [5.41, 5.74) is 7.39. The van der Waals surface area contributed by atoms with Crippen molar-refractivity contribution in [3.63, 3.8) is 0 Å². The van der Waals surface area contributed by atoms with Gasteiger partial charge in [-0.3, -0.25) is 5.41 Å². The number of guanidine groups is 1. The maximum absolute atomic E-state index is 10.2. The number of nitrogens with two attached hydrogens (primary N) is 1. The molecule has 0 atom stereocenters. The highest BCUT2D eigenvalue weighted by molar-refractivity contribution is 5.91. The number of nitrogens with zero attached hydrogens (tertiary/aromatic N) is 2. The van der Waals surface area contributed by atoms with E-state index >= 15 is 0 Å². The van der Waals surface area contributed by atoms with Crippen LogP contribution in [-0.4, -0.2) is 11.0 Å². The van der Waals surface area contributed by atoms with Crippen LogP contribution >= 0.6 is 0 Å². The van der Waals surface area contributed by atoms with Crippen molar-refractivity contribution in [1.29, 1.82) is 5.41 Å². The van der Waals surface area contributed by atoms with Crippen molar-refractivity contribution in [3.8, 4) is 0 Å². The molecule has 0 aliphatic rings. The van der Waals surface area contributed by atoms with Crippen molar-refractivity contribution in [2.75, 3.05) is 5.01 Å². The van der Waals surface area contributed by atoms with E-state index in [1.165, 1.54) is 0 Å². The molecule has 0 aliphatic carbocycles. The maximum atomic E-state index is 10.2. The molecule has 0 aromatic heterocycles. The molecule has 1 aromatic carbocycles. The van der Waals surface area contributed by atoms with E-state index in [-0.39, 0.29) is 0 Å². The average molecular weight is 195 g/mol. The number of nitrogens with one attached hydrogen (secondary N) is 2. The van der Waals surface area contributed by atoms with Crippen LogP contribution in [0.3, 0.4) is 0 Å². The predicted octanol–water partition coefficient (Wildman–Crippen LogP) is 0.0828. The van der Waals surface area contributed by atoms with Gasteiger partial charge in [-0.1, -0.05) is 18.2 Å². The molecular weight excluding hydrogens is 186 g/mol. The van der Waals surface area contributed by atoms with E-state index in [0.29, 0.717) is 5.69 Å². The summed E-state index contributed by atoms with van der Waals surface area (Å²) in [4.78, 5) is 10.2. The van der Waals surface area contributed by atoms with Gasteiger partial charge < -0.3 is 5.73 Å². The predicted molar refractivity (Wildman–Crippen MR) is 51.0 cm³/mol. The van der Waals surface area contributed by atoms with E-state index < -0.39 is 11.0 Å². The van der Waals surface area contributed by atoms with E-state index in [9.17, 15) is 10.1 Å². The zero-order valence-corrected chi connectivity index (χ0v) is 7.18. The van der Waals surface area contributed by atoms with Crippen LogP contribution in [-0.2, 0) is 0 Å². The number of anilines is 1. The molecule has 0 fully saturated rings. The van der Waals surface area contributed by atoms with Gasteiger partial charge in [0.1, 0.15) is 0 Å². The Kier molecular flexibility index (Phi) is 2.85. The molecule has 0 aliphatic heterocycles. The zero-order chi connectivity index (χ0) is 10.6. The third-order valence-corrected chi connectivity index (χ3v) is 1.44. The first-order valence-electron chi connectivity index (χ1n) is 3.71. The molecule has 1 rings (SSSR count). The van der Waals surface area contributed by atoms with Gasteiger partial charge in [-0.25, -0.2) is 10.1 Å². The van der Waals surface area contributed by atoms with Gasteiger partial charge in [0.2, 0.25) is 5.96 Å². The van der Waals surface area contributed by atoms with Crippen LogP contribution in [0.15, 0.2) is 30.3 Å². The lowest BCUT2D eigenvalue weighted by Crippen LogP contribution is -2.49. The second-order valence-electron chi connectivity index (χ2n) is 2.41. The summed E-state index contributed by atoms with van der Waals surface area (Å²) in [6.45, 7) is 0. The molecule has 0 heterocycles. The molecule has 74 valence electrons. The fraction of sp³-hybridized carbons (Fsp3) is 0. The van der Waals surface area contributed by atoms with Crippen molar-refractivity contribution >= 4 is 11.6 Å². The van der Waals surface area contributed by atoms with Crippen LogP contribution in [0.1, 0.15) is 0 Å². The fourth-order valence-electron chi connectivity index (χ4n) is 0.909. The lowest BCUT2D eigenvalue weighted by Gasteiger charge is -2.17. The van der Waals surface area contributed by atoms with Gasteiger partial charge in [0.15, 0.2) is 5.03 Å². The number of hydrazine groups is 2. The summed E-state index contributed by atoms with van der Waals surface area (Å²) >= 11 is 0. The molecule has 1 aromatic rings. The Morgan fingerprint density at radius 3 is 2.50 bits per heavy atom. The Balaban J connectivity index is 2.89. The Morgan fingerprint density at radius 1 is 1.50 bits per heavy atom. The topological polar surface area (TPSA) is 108 Å². The largest absolute Gasteiger partial charge is 0.368 e. The molecular formula is C7H9N5O2. The SMILES string of the molecule is N=C(N)N(N[N+](=O)[O-])c1ccccc1. The van der Waals surface area contributed by atoms with Gasteiger partial charge in [-0.15, -0.1) is 0 Å². The van der Waals surface area contributed by atoms with Crippen LogP contribution in [0.25, 0.3) is 0 Å². The van der Waals surface area contributed by atoms with Crippen molar-refractivity contribution in [3.05, 3.63) is 40.4 Å². The summed E-state index contributed by atoms with van der Waals surface area (Å²) < 4.78 is 0. The minimum Gasteiger partial charge on any atom is -0.368 e. The lowest BCUT2D eigenvalue weighted by molar-refractivity contribution is -0.544. The van der Waals surface area contributed by atoms with Gasteiger partial charge in [0, 0.05) is 0 Å². The van der Waals surface area contributed by atoms with E-state index in [1.807, 2.05) is 0 Å². The van der Waals surface area contributed by atoms with Crippen LogP contribution in [0.5, 0.6) is 0 Å². The number of rotatable bonds is 3. The van der Waals surface area contributed by atoms with E-state index in [2.05, 4.69) is 0 Å². The summed E-state index contributed by atoms with van der Waals surface area (Å²) in [6, 6.07) is 8.32. The summed E-state index contributed by atoms with van der Waals surface area (Å²) in [7, 11) is 0. The van der Waals surface area contributed by atoms with Crippen molar-refractivity contribution in [2.24, 2.45) is 5.73 Å². The van der Waals surface area contributed by atoms with Crippen molar-refractivity contribution in [2.45, 2.75) is 0 Å². The Labute approximate surface area is 79.7 Å². The number of hydrogen-bond acceptors (Lipinski definition) is 3. The second kappa shape index (κ2) is 4.08. The molecule has 0 saturated carbocycles. The van der Waals surface area contributed by atoms with Crippen LogP contribution in [0.2, 0.25) is 0 Å². The highest BCUT2D eigenvalue weighted by Gasteiger charge is 2.12. The molecule has 0 bridgehead atoms. The minimum atomic E-state index is -0.783. The minimum absolute atomic E-state index is 0.428. The molecule has 7 heteroatoms. The maximum Gasteiger partial charge on any atom is 0.216 e. The highest BCUT2D eigenvalue weighted by Crippen LogP contribution is 2.09. The van der Waals surface area contributed by atoms with Crippen LogP contribution in [0, 0.1) is 15.5 Å². The summed E-state index contributed by atoms with van der Waals surface area (Å²) in [5.74, 6) is -0.451. The Hall–Kier alpha value is -2.31. The first-order valence-corrected chi connectivity index (χ1v) is 3.71. The molecule has 7 nitrogen and oxygen atoms in total. The number of para-hydroxylation sites is 1. The smallest absolute Gasteiger partial charge is 0.216 e. The molecule has 4 N–H and O–H groups in total. The normalized spacial score (nSPS) is 9.14. The monoisotopic (exact) mass is 195 g/mol. The van der Waals surface area contributed by atoms with Gasteiger partial charge in [-0.05, 0) is 17.7 Å². The molecule has 14 heavy (non-hydrogen) atoms. The third-order valence-electron chi connectivity index (χ3n) is 1.44. The van der Waals surface area contributed by atoms with Crippen LogP contribution in [0.4, 0.5) is 5.69 Å². The summed E-state index contributed by atoms with van der Waals surface area (Å²) in [6.07, 6.45) is 0. The van der Waals surface area contributed by atoms with Gasteiger partial charge in [-0.2, -0.15) is 5.01 Å². The first-order chi connectivity index (χ1) is 6.61. The number of benzene rings is 1. The molecule has 0 amide bonds. The van der Waals surface area contributed by atoms with Gasteiger partial charge in [0.05, 0.1) is 5.69 Å². The summed E-state index contributed by atoms with van der Waals surface area (Å²) in [5, 5.41) is 17.4. The molecule has 0 radical (unpaired) electrons. The van der Waals surface area contributed by atoms with E-state index in [4.69, 9.17) is 11.1 Å². The average Bonchev–Trinajstić information content (AvgIpc) is 2.15. The fourth-order valence-corrected chi connectivity index (χ4v) is 0.909. The van der Waals surface area contributed by atoms with E-state index in [0.717, 1.165) is 5.01 Å². The van der Waals surface area contributed by atoms with Crippen molar-refractivity contribution < 1.29 is 5.03 Å². The second-order valence-corrected chi connectivity index (χ2v) is 2.41. The number of hydrogen-bond donors (Lipinski definition) is 3. The standard InChI is InChI=1S/C7H9N5O2/c8-7(9)11(10-12(13)14)6-4-2-1-3-5-6/h1-5,10H,(H3,8,9). The molecule has 0 unspecified atom stereocenters. The Bertz CT molecular complexity index is 339. The molecule has 0 spiro atoms. The molecule has 0 saturated heterocycles. The van der Waals surface area contributed by atoms with E-state index in [1.54, 1.807) is 35.9 Å². The Morgan fingerprint density at radius 2 is 2.07 bits per heavy atom. The number of nitro groups is 1. The van der Waals surface area contributed by atoms with Gasteiger partial charge >= 0.3 is 0 Å². The third kappa shape index (κ3) is 2.34. The highest BCUT2D eigenvalue weighted by atomic mass is 16.7. The quantitative estimate of drug-likeness (QED) is 0.274. The zero-order valence-electron chi connectivity index (χ0n) is 7.18. The first kappa shape index (κ1) is 9.78.